The summed E-state index contributed by atoms with van der Waals surface area (Å²) in [5, 5.41) is 10.5. The minimum absolute atomic E-state index is 0.00758. The van der Waals surface area contributed by atoms with E-state index < -0.39 is 17.3 Å². The molecule has 6 nitrogen and oxygen atoms in total. The molecule has 1 saturated heterocycles. The quantitative estimate of drug-likeness (QED) is 0.588. The Kier molecular flexibility index (Phi) is 4.20. The maximum atomic E-state index is 12.3. The first-order chi connectivity index (χ1) is 11.1. The van der Waals surface area contributed by atoms with Crippen LogP contribution in [0, 0.1) is 23.2 Å². The van der Waals surface area contributed by atoms with E-state index in [-0.39, 0.29) is 41.9 Å². The Morgan fingerprint density at radius 2 is 2.00 bits per heavy atom. The summed E-state index contributed by atoms with van der Waals surface area (Å²) in [5.41, 5.74) is -1.79. The lowest BCUT2D eigenvalue weighted by atomic mass is 9.88. The molecular formula is C18H28O6. The minimum atomic E-state index is -1.27. The summed E-state index contributed by atoms with van der Waals surface area (Å²) < 4.78 is 16.8. The molecule has 6 unspecified atom stereocenters. The van der Waals surface area contributed by atoms with Gasteiger partial charge in [-0.2, -0.15) is 0 Å². The molecule has 2 saturated carbocycles. The summed E-state index contributed by atoms with van der Waals surface area (Å²) in [5.74, 6) is -0.0521. The number of fused-ring (bicyclic) bond motifs is 1. The third kappa shape index (κ3) is 2.73. The Labute approximate surface area is 142 Å². The average Bonchev–Trinajstić information content (AvgIpc) is 3.11. The van der Waals surface area contributed by atoms with Gasteiger partial charge in [0.15, 0.2) is 11.9 Å². The molecule has 6 heteroatoms. The monoisotopic (exact) mass is 340 g/mol. The second kappa shape index (κ2) is 5.70. The first-order valence-corrected chi connectivity index (χ1v) is 8.84. The summed E-state index contributed by atoms with van der Waals surface area (Å²) in [6, 6.07) is 0. The third-order valence-electron chi connectivity index (χ3n) is 6.09. The number of hydrogen-bond donors (Lipinski definition) is 1. The lowest BCUT2D eigenvalue weighted by Gasteiger charge is -2.36. The van der Waals surface area contributed by atoms with Gasteiger partial charge in [-0.3, -0.25) is 9.59 Å². The van der Waals surface area contributed by atoms with Crippen LogP contribution in [0.15, 0.2) is 0 Å². The number of aliphatic hydroxyl groups excluding tert-OH is 1. The number of esters is 2. The molecule has 2 bridgehead atoms. The SMILES string of the molecule is CCC(C)(C)C(=O)OC(C)(C)C(O)OC1C2CC3C(=O)OC1C3C2. The van der Waals surface area contributed by atoms with Crippen LogP contribution >= 0.6 is 0 Å². The molecule has 6 atom stereocenters. The normalized spacial score (nSPS) is 35.9. The highest BCUT2D eigenvalue weighted by atomic mass is 16.7. The van der Waals surface area contributed by atoms with Crippen molar-refractivity contribution in [2.75, 3.05) is 0 Å². The molecule has 0 amide bonds. The lowest BCUT2D eigenvalue weighted by Crippen LogP contribution is -2.49. The fourth-order valence-electron chi connectivity index (χ4n) is 3.97. The Balaban J connectivity index is 1.63. The average molecular weight is 340 g/mol. The summed E-state index contributed by atoms with van der Waals surface area (Å²) in [7, 11) is 0. The highest BCUT2D eigenvalue weighted by molar-refractivity contribution is 5.77. The zero-order valence-electron chi connectivity index (χ0n) is 15.1. The molecule has 2 aliphatic carbocycles. The first kappa shape index (κ1) is 17.7. The van der Waals surface area contributed by atoms with Gasteiger partial charge in [0.25, 0.3) is 0 Å². The van der Waals surface area contributed by atoms with Crippen LogP contribution in [0.3, 0.4) is 0 Å². The molecule has 0 spiro atoms. The summed E-state index contributed by atoms with van der Waals surface area (Å²) in [6.45, 7) is 8.82. The van der Waals surface area contributed by atoms with E-state index in [9.17, 15) is 14.7 Å². The van der Waals surface area contributed by atoms with Crippen molar-refractivity contribution in [1.29, 1.82) is 0 Å². The number of carbonyl (C=O) groups excluding carboxylic acids is 2. The van der Waals surface area contributed by atoms with E-state index in [2.05, 4.69) is 0 Å². The van der Waals surface area contributed by atoms with Gasteiger partial charge in [-0.25, -0.2) is 0 Å². The molecule has 24 heavy (non-hydrogen) atoms. The van der Waals surface area contributed by atoms with Crippen molar-refractivity contribution in [3.8, 4) is 0 Å². The van der Waals surface area contributed by atoms with E-state index in [0.29, 0.717) is 6.42 Å². The van der Waals surface area contributed by atoms with Crippen LogP contribution in [-0.2, 0) is 23.8 Å². The van der Waals surface area contributed by atoms with Crippen LogP contribution in [0.2, 0.25) is 0 Å². The van der Waals surface area contributed by atoms with Gasteiger partial charge in [0, 0.05) is 5.92 Å². The van der Waals surface area contributed by atoms with Crippen molar-refractivity contribution in [1.82, 2.24) is 0 Å². The Morgan fingerprint density at radius 3 is 2.62 bits per heavy atom. The van der Waals surface area contributed by atoms with Gasteiger partial charge in [0.2, 0.25) is 0 Å². The van der Waals surface area contributed by atoms with Crippen LogP contribution in [0.5, 0.6) is 0 Å². The summed E-state index contributed by atoms with van der Waals surface area (Å²) in [6.07, 6.45) is 0.461. The molecule has 136 valence electrons. The second-order valence-corrected chi connectivity index (χ2v) is 8.59. The van der Waals surface area contributed by atoms with Crippen LogP contribution in [0.4, 0.5) is 0 Å². The second-order valence-electron chi connectivity index (χ2n) is 8.59. The number of ether oxygens (including phenoxy) is 3. The van der Waals surface area contributed by atoms with Crippen molar-refractivity contribution >= 4 is 11.9 Å². The van der Waals surface area contributed by atoms with Gasteiger partial charge >= 0.3 is 11.9 Å². The highest BCUT2D eigenvalue weighted by Gasteiger charge is 2.63. The van der Waals surface area contributed by atoms with E-state index in [1.54, 1.807) is 13.8 Å². The molecule has 3 fully saturated rings. The van der Waals surface area contributed by atoms with E-state index in [1.807, 2.05) is 20.8 Å². The van der Waals surface area contributed by atoms with E-state index in [0.717, 1.165) is 12.8 Å². The van der Waals surface area contributed by atoms with Crippen molar-refractivity contribution in [2.45, 2.75) is 78.0 Å². The van der Waals surface area contributed by atoms with Gasteiger partial charge in [0.1, 0.15) is 12.2 Å². The third-order valence-corrected chi connectivity index (χ3v) is 6.09. The maximum Gasteiger partial charge on any atom is 0.312 e. The van der Waals surface area contributed by atoms with Crippen LogP contribution in [-0.4, -0.2) is 41.1 Å². The number of rotatable bonds is 6. The molecule has 3 rings (SSSR count). The zero-order chi connectivity index (χ0) is 17.9. The predicted molar refractivity (Wildman–Crippen MR) is 84.7 cm³/mol. The van der Waals surface area contributed by atoms with E-state index in [1.165, 1.54) is 0 Å². The molecular weight excluding hydrogens is 312 g/mol. The van der Waals surface area contributed by atoms with Gasteiger partial charge in [0.05, 0.1) is 11.3 Å². The standard InChI is InChI=1S/C18H28O6/c1-6-17(2,3)15(20)24-18(4,5)16(21)23-12-9-7-10-11(8-9)14(19)22-13(10)12/h9-13,16,21H,6-8H2,1-5H3. The van der Waals surface area contributed by atoms with Crippen LogP contribution in [0.1, 0.15) is 53.9 Å². The minimum Gasteiger partial charge on any atom is -0.459 e. The van der Waals surface area contributed by atoms with Gasteiger partial charge in [-0.1, -0.05) is 6.92 Å². The first-order valence-electron chi connectivity index (χ1n) is 8.84. The Morgan fingerprint density at radius 1 is 1.33 bits per heavy atom. The number of aliphatic hydroxyl groups is 1. The molecule has 0 radical (unpaired) electrons. The fourth-order valence-corrected chi connectivity index (χ4v) is 3.97. The molecule has 3 aliphatic rings. The fraction of sp³-hybridized carbons (Fsp3) is 0.889. The maximum absolute atomic E-state index is 12.3. The van der Waals surface area contributed by atoms with Crippen LogP contribution in [0.25, 0.3) is 0 Å². The Hall–Kier alpha value is -1.14. The molecule has 1 heterocycles. The summed E-state index contributed by atoms with van der Waals surface area (Å²) in [4.78, 5) is 24.1. The number of hydrogen-bond acceptors (Lipinski definition) is 6. The van der Waals surface area contributed by atoms with E-state index in [4.69, 9.17) is 14.2 Å². The van der Waals surface area contributed by atoms with Gasteiger partial charge < -0.3 is 19.3 Å². The molecule has 0 aromatic heterocycles. The van der Waals surface area contributed by atoms with Gasteiger partial charge in [-0.15, -0.1) is 0 Å². The Bertz CT molecular complexity index is 540. The van der Waals surface area contributed by atoms with Crippen molar-refractivity contribution < 1.29 is 28.9 Å². The molecule has 1 N–H and O–H groups in total. The van der Waals surface area contributed by atoms with Crippen molar-refractivity contribution in [2.24, 2.45) is 23.2 Å². The molecule has 0 aromatic rings. The number of carbonyl (C=O) groups is 2. The highest BCUT2D eigenvalue weighted by Crippen LogP contribution is 2.55. The molecule has 0 aromatic carbocycles. The van der Waals surface area contributed by atoms with Crippen molar-refractivity contribution in [3.63, 3.8) is 0 Å². The van der Waals surface area contributed by atoms with E-state index >= 15 is 0 Å². The largest absolute Gasteiger partial charge is 0.459 e. The van der Waals surface area contributed by atoms with Gasteiger partial charge in [-0.05, 0) is 52.9 Å². The smallest absolute Gasteiger partial charge is 0.312 e. The zero-order valence-corrected chi connectivity index (χ0v) is 15.1. The molecule has 1 aliphatic heterocycles. The van der Waals surface area contributed by atoms with Crippen molar-refractivity contribution in [3.05, 3.63) is 0 Å². The lowest BCUT2D eigenvalue weighted by molar-refractivity contribution is -0.252. The predicted octanol–water partition coefficient (Wildman–Crippen LogP) is 2.03. The summed E-state index contributed by atoms with van der Waals surface area (Å²) >= 11 is 0. The topological polar surface area (TPSA) is 82.1 Å². The van der Waals surface area contributed by atoms with Crippen LogP contribution < -0.4 is 0 Å².